The molecule has 1 atom stereocenters. The summed E-state index contributed by atoms with van der Waals surface area (Å²) in [6.07, 6.45) is 11.0. The summed E-state index contributed by atoms with van der Waals surface area (Å²) >= 11 is 0. The third-order valence-electron chi connectivity index (χ3n) is 6.04. The highest BCUT2D eigenvalue weighted by atomic mass is 16.5. The van der Waals surface area contributed by atoms with Crippen LogP contribution in [-0.2, 0) is 0 Å². The number of nitrogens with zero attached hydrogens (tertiary/aromatic N) is 1. The van der Waals surface area contributed by atoms with Crippen molar-refractivity contribution in [2.24, 2.45) is 5.92 Å². The van der Waals surface area contributed by atoms with Crippen molar-refractivity contribution in [3.8, 4) is 5.75 Å². The number of para-hydroxylation sites is 1. The Labute approximate surface area is 164 Å². The van der Waals surface area contributed by atoms with E-state index in [4.69, 9.17) is 9.15 Å². The van der Waals surface area contributed by atoms with Gasteiger partial charge in [0, 0.05) is 11.5 Å². The molecule has 3 nitrogen and oxygen atoms in total. The van der Waals surface area contributed by atoms with Crippen LogP contribution in [0.15, 0.2) is 47.1 Å². The van der Waals surface area contributed by atoms with Crippen LogP contribution in [0, 0.1) is 5.92 Å². The van der Waals surface area contributed by atoms with Crippen molar-refractivity contribution >= 4 is 0 Å². The van der Waals surface area contributed by atoms with E-state index in [9.17, 15) is 0 Å². The van der Waals surface area contributed by atoms with E-state index < -0.39 is 0 Å². The van der Waals surface area contributed by atoms with Crippen LogP contribution in [0.1, 0.15) is 69.1 Å². The van der Waals surface area contributed by atoms with Crippen LogP contribution < -0.4 is 4.74 Å². The van der Waals surface area contributed by atoms with Gasteiger partial charge in [-0.15, -0.1) is 0 Å². The second kappa shape index (κ2) is 10.6. The third kappa shape index (κ3) is 5.62. The molecule has 0 bridgehead atoms. The number of methoxy groups -OCH3 is 1. The monoisotopic (exact) mass is 369 g/mol. The highest BCUT2D eigenvalue weighted by Gasteiger charge is 2.22. The Morgan fingerprint density at radius 3 is 2.63 bits per heavy atom. The Morgan fingerprint density at radius 2 is 1.93 bits per heavy atom. The molecule has 1 aliphatic heterocycles. The molecule has 1 fully saturated rings. The first kappa shape index (κ1) is 20.0. The lowest BCUT2D eigenvalue weighted by atomic mass is 9.90. The maximum absolute atomic E-state index is 5.77. The molecule has 0 saturated carbocycles. The first-order valence-electron chi connectivity index (χ1n) is 10.7. The van der Waals surface area contributed by atoms with Gasteiger partial charge in [-0.2, -0.15) is 0 Å². The predicted molar refractivity (Wildman–Crippen MR) is 111 cm³/mol. The number of hydrogen-bond acceptors (Lipinski definition) is 3. The number of furan rings is 1. The molecule has 3 heteroatoms. The summed E-state index contributed by atoms with van der Waals surface area (Å²) in [6, 6.07) is 12.4. The van der Waals surface area contributed by atoms with Gasteiger partial charge in [-0.1, -0.05) is 44.4 Å². The lowest BCUT2D eigenvalue weighted by molar-refractivity contribution is 0.174. The Kier molecular flexibility index (Phi) is 7.82. The zero-order chi connectivity index (χ0) is 18.9. The highest BCUT2D eigenvalue weighted by Crippen LogP contribution is 2.35. The maximum Gasteiger partial charge on any atom is 0.122 e. The molecule has 0 spiro atoms. The molecule has 0 amide bonds. The fourth-order valence-electron chi connectivity index (χ4n) is 4.41. The normalized spacial score (nSPS) is 17.1. The first-order chi connectivity index (χ1) is 13.3. The van der Waals surface area contributed by atoms with Crippen molar-refractivity contribution in [2.45, 2.75) is 57.8 Å². The van der Waals surface area contributed by atoms with Crippen molar-refractivity contribution in [3.63, 3.8) is 0 Å². The van der Waals surface area contributed by atoms with E-state index >= 15 is 0 Å². The zero-order valence-corrected chi connectivity index (χ0v) is 17.0. The van der Waals surface area contributed by atoms with Crippen molar-refractivity contribution in [3.05, 3.63) is 54.0 Å². The number of piperidine rings is 1. The fourth-order valence-corrected chi connectivity index (χ4v) is 4.41. The molecule has 148 valence electrons. The summed E-state index contributed by atoms with van der Waals surface area (Å²) in [4.78, 5) is 2.66. The van der Waals surface area contributed by atoms with Gasteiger partial charge >= 0.3 is 0 Å². The molecule has 0 radical (unpaired) electrons. The highest BCUT2D eigenvalue weighted by molar-refractivity contribution is 5.39. The van der Waals surface area contributed by atoms with E-state index in [0.29, 0.717) is 0 Å². The number of likely N-dealkylation sites (tertiary alicyclic amines) is 1. The summed E-state index contributed by atoms with van der Waals surface area (Å²) in [7, 11) is 1.75. The van der Waals surface area contributed by atoms with Gasteiger partial charge in [-0.3, -0.25) is 0 Å². The molecule has 3 rings (SSSR count). The van der Waals surface area contributed by atoms with Crippen molar-refractivity contribution in [2.75, 3.05) is 26.7 Å². The third-order valence-corrected chi connectivity index (χ3v) is 6.04. The molecule has 1 aromatic carbocycles. The Balaban J connectivity index is 1.54. The van der Waals surface area contributed by atoms with E-state index in [-0.39, 0.29) is 5.92 Å². The van der Waals surface area contributed by atoms with Crippen LogP contribution >= 0.6 is 0 Å². The van der Waals surface area contributed by atoms with Gasteiger partial charge in [0.2, 0.25) is 0 Å². The summed E-state index contributed by atoms with van der Waals surface area (Å²) in [5.74, 6) is 3.22. The van der Waals surface area contributed by atoms with Crippen LogP contribution in [-0.4, -0.2) is 31.6 Å². The molecule has 1 unspecified atom stereocenters. The smallest absolute Gasteiger partial charge is 0.122 e. The van der Waals surface area contributed by atoms with Gasteiger partial charge in [0.1, 0.15) is 11.5 Å². The average molecular weight is 370 g/mol. The topological polar surface area (TPSA) is 25.6 Å². The fraction of sp³-hybridized carbons (Fsp3) is 0.583. The second-order valence-electron chi connectivity index (χ2n) is 7.88. The van der Waals surface area contributed by atoms with Gasteiger partial charge in [0.25, 0.3) is 0 Å². The standard InChI is InChI=1S/C24H35NO2/c1-3-4-9-20-14-17-25(18-15-20)16-7-11-22(24-13-8-19-27-24)21-10-5-6-12-23(21)26-2/h5-6,8,10,12-13,19-20,22H,3-4,7,9,11,14-18H2,1-2H3. The van der Waals surface area contributed by atoms with Gasteiger partial charge in [-0.25, -0.2) is 0 Å². The molecule has 1 aliphatic rings. The summed E-state index contributed by atoms with van der Waals surface area (Å²) < 4.78 is 11.4. The van der Waals surface area contributed by atoms with Gasteiger partial charge in [0.05, 0.1) is 13.4 Å². The minimum Gasteiger partial charge on any atom is -0.496 e. The van der Waals surface area contributed by atoms with E-state index in [1.54, 1.807) is 13.4 Å². The van der Waals surface area contributed by atoms with Gasteiger partial charge in [0.15, 0.2) is 0 Å². The molecule has 27 heavy (non-hydrogen) atoms. The lowest BCUT2D eigenvalue weighted by Crippen LogP contribution is -2.34. The van der Waals surface area contributed by atoms with E-state index in [0.717, 1.165) is 23.8 Å². The summed E-state index contributed by atoms with van der Waals surface area (Å²) in [6.45, 7) is 6.03. The molecule has 2 aromatic rings. The van der Waals surface area contributed by atoms with Crippen molar-refractivity contribution in [1.29, 1.82) is 0 Å². The van der Waals surface area contributed by atoms with Crippen LogP contribution in [0.2, 0.25) is 0 Å². The largest absolute Gasteiger partial charge is 0.496 e. The minimum atomic E-state index is 0.262. The van der Waals surface area contributed by atoms with Crippen molar-refractivity contribution in [1.82, 2.24) is 4.90 Å². The molecule has 0 aliphatic carbocycles. The molecule has 1 saturated heterocycles. The Bertz CT molecular complexity index is 644. The van der Waals surface area contributed by atoms with Crippen LogP contribution in [0.4, 0.5) is 0 Å². The maximum atomic E-state index is 5.77. The zero-order valence-electron chi connectivity index (χ0n) is 17.0. The van der Waals surface area contributed by atoms with Gasteiger partial charge in [-0.05, 0) is 69.4 Å². The van der Waals surface area contributed by atoms with Crippen LogP contribution in [0.3, 0.4) is 0 Å². The number of unbranched alkanes of at least 4 members (excludes halogenated alkanes) is 1. The van der Waals surface area contributed by atoms with Crippen molar-refractivity contribution < 1.29 is 9.15 Å². The minimum absolute atomic E-state index is 0.262. The number of hydrogen-bond donors (Lipinski definition) is 0. The van der Waals surface area contributed by atoms with Crippen LogP contribution in [0.5, 0.6) is 5.75 Å². The molecule has 2 heterocycles. The molecule has 0 N–H and O–H groups in total. The Morgan fingerprint density at radius 1 is 1.11 bits per heavy atom. The Hall–Kier alpha value is -1.74. The van der Waals surface area contributed by atoms with E-state index in [1.807, 2.05) is 18.2 Å². The van der Waals surface area contributed by atoms with E-state index in [2.05, 4.69) is 30.0 Å². The lowest BCUT2D eigenvalue weighted by Gasteiger charge is -2.32. The number of ether oxygens (including phenoxy) is 1. The predicted octanol–water partition coefficient (Wildman–Crippen LogP) is 6.10. The first-order valence-corrected chi connectivity index (χ1v) is 10.7. The molecule has 1 aromatic heterocycles. The quantitative estimate of drug-likeness (QED) is 0.506. The second-order valence-corrected chi connectivity index (χ2v) is 7.88. The molecular formula is C24H35NO2. The average Bonchev–Trinajstić information content (AvgIpc) is 3.25. The summed E-state index contributed by atoms with van der Waals surface area (Å²) in [5, 5.41) is 0. The number of benzene rings is 1. The molecular weight excluding hydrogens is 334 g/mol. The SMILES string of the molecule is CCCCC1CCN(CCCC(c2ccco2)c2ccccc2OC)CC1. The van der Waals surface area contributed by atoms with Crippen LogP contribution in [0.25, 0.3) is 0 Å². The van der Waals surface area contributed by atoms with E-state index in [1.165, 1.54) is 63.7 Å². The summed E-state index contributed by atoms with van der Waals surface area (Å²) in [5.41, 5.74) is 1.23. The van der Waals surface area contributed by atoms with Gasteiger partial charge < -0.3 is 14.1 Å². The number of rotatable bonds is 10.